The number of carbonyl (C=O) groups is 1. The van der Waals surface area contributed by atoms with Gasteiger partial charge in [0.15, 0.2) is 0 Å². The molecule has 2 aromatic rings. The number of nitrogens with one attached hydrogen (secondary N) is 1. The number of hydrogen-bond acceptors (Lipinski definition) is 4. The number of carbonyl (C=O) groups excluding carboxylic acids is 1. The number of anilines is 1. The van der Waals surface area contributed by atoms with E-state index in [0.717, 1.165) is 15.6 Å². The summed E-state index contributed by atoms with van der Waals surface area (Å²) >= 11 is 3.40. The van der Waals surface area contributed by atoms with Crippen molar-refractivity contribution in [2.75, 3.05) is 18.5 Å². The van der Waals surface area contributed by atoms with Crippen LogP contribution in [0.5, 0.6) is 0 Å². The van der Waals surface area contributed by atoms with Crippen molar-refractivity contribution in [3.8, 4) is 0 Å². The summed E-state index contributed by atoms with van der Waals surface area (Å²) in [5, 5.41) is 2.75. The Balaban J connectivity index is 1.69. The zero-order valence-electron chi connectivity index (χ0n) is 12.3. The first-order valence-corrected chi connectivity index (χ1v) is 7.96. The van der Waals surface area contributed by atoms with E-state index >= 15 is 0 Å². The summed E-state index contributed by atoms with van der Waals surface area (Å²) in [4.78, 5) is 16.3. The second kappa shape index (κ2) is 7.28. The van der Waals surface area contributed by atoms with Crippen molar-refractivity contribution in [2.24, 2.45) is 4.99 Å². The van der Waals surface area contributed by atoms with Crippen molar-refractivity contribution in [1.82, 2.24) is 0 Å². The van der Waals surface area contributed by atoms with Gasteiger partial charge in [-0.05, 0) is 23.8 Å². The number of halogens is 1. The Morgan fingerprint density at radius 3 is 2.83 bits per heavy atom. The molecule has 118 valence electrons. The van der Waals surface area contributed by atoms with E-state index in [4.69, 9.17) is 9.47 Å². The number of rotatable bonds is 4. The minimum atomic E-state index is -0.521. The zero-order chi connectivity index (χ0) is 16.1. The third kappa shape index (κ3) is 4.10. The maximum Gasteiger partial charge on any atom is 0.411 e. The lowest BCUT2D eigenvalue weighted by Crippen LogP contribution is -2.16. The lowest BCUT2D eigenvalue weighted by Gasteiger charge is -2.12. The maximum absolute atomic E-state index is 12.0. The number of hydrogen-bond donors (Lipinski definition) is 1. The van der Waals surface area contributed by atoms with Gasteiger partial charge in [-0.1, -0.05) is 46.3 Å². The summed E-state index contributed by atoms with van der Waals surface area (Å²) in [5.74, 6) is 0.538. The Bertz CT molecular complexity index is 732. The topological polar surface area (TPSA) is 59.9 Å². The van der Waals surface area contributed by atoms with Crippen LogP contribution in [0.3, 0.4) is 0 Å². The molecule has 23 heavy (non-hydrogen) atoms. The molecule has 2 aromatic carbocycles. The average molecular weight is 375 g/mol. The van der Waals surface area contributed by atoms with Crippen LogP contribution in [0, 0.1) is 0 Å². The SMILES string of the molecule is O=C(Nc1cc(Br)ccc1C1=NCCO1)OCc1ccccc1. The molecule has 5 nitrogen and oxygen atoms in total. The van der Waals surface area contributed by atoms with Crippen LogP contribution in [-0.4, -0.2) is 25.1 Å². The lowest BCUT2D eigenvalue weighted by atomic mass is 10.2. The summed E-state index contributed by atoms with van der Waals surface area (Å²) in [5.41, 5.74) is 2.26. The predicted molar refractivity (Wildman–Crippen MR) is 91.7 cm³/mol. The first-order valence-electron chi connectivity index (χ1n) is 7.17. The standard InChI is InChI=1S/C17H15BrN2O3/c18-13-6-7-14(16-19-8-9-22-16)15(10-13)20-17(21)23-11-12-4-2-1-3-5-12/h1-7,10H,8-9,11H2,(H,20,21). The van der Waals surface area contributed by atoms with Crippen molar-refractivity contribution >= 4 is 33.6 Å². The first-order chi connectivity index (χ1) is 11.2. The second-order valence-electron chi connectivity index (χ2n) is 4.91. The number of amides is 1. The number of benzene rings is 2. The molecule has 6 heteroatoms. The van der Waals surface area contributed by atoms with E-state index in [1.165, 1.54) is 0 Å². The monoisotopic (exact) mass is 374 g/mol. The number of ether oxygens (including phenoxy) is 2. The van der Waals surface area contributed by atoms with Crippen LogP contribution in [-0.2, 0) is 16.1 Å². The Morgan fingerprint density at radius 1 is 1.26 bits per heavy atom. The summed E-state index contributed by atoms with van der Waals surface area (Å²) < 4.78 is 11.6. The Kier molecular flexibility index (Phi) is 4.92. The Labute approximate surface area is 142 Å². The smallest absolute Gasteiger partial charge is 0.411 e. The molecular weight excluding hydrogens is 360 g/mol. The lowest BCUT2D eigenvalue weighted by molar-refractivity contribution is 0.155. The van der Waals surface area contributed by atoms with Gasteiger partial charge in [0.05, 0.1) is 17.8 Å². The second-order valence-corrected chi connectivity index (χ2v) is 5.83. The van der Waals surface area contributed by atoms with Crippen molar-refractivity contribution in [1.29, 1.82) is 0 Å². The van der Waals surface area contributed by atoms with Gasteiger partial charge < -0.3 is 9.47 Å². The molecule has 0 unspecified atom stereocenters. The minimum absolute atomic E-state index is 0.216. The fourth-order valence-electron chi connectivity index (χ4n) is 2.17. The van der Waals surface area contributed by atoms with Crippen LogP contribution >= 0.6 is 15.9 Å². The highest BCUT2D eigenvalue weighted by Gasteiger charge is 2.17. The molecule has 1 amide bonds. The molecule has 0 radical (unpaired) electrons. The molecular formula is C17H15BrN2O3. The maximum atomic E-state index is 12.0. The highest BCUT2D eigenvalue weighted by atomic mass is 79.9. The first kappa shape index (κ1) is 15.6. The van der Waals surface area contributed by atoms with Crippen LogP contribution < -0.4 is 5.32 Å². The average Bonchev–Trinajstić information content (AvgIpc) is 3.08. The molecule has 0 saturated heterocycles. The van der Waals surface area contributed by atoms with E-state index in [1.54, 1.807) is 6.07 Å². The van der Waals surface area contributed by atoms with Crippen LogP contribution in [0.25, 0.3) is 0 Å². The minimum Gasteiger partial charge on any atom is -0.475 e. The van der Waals surface area contributed by atoms with E-state index in [2.05, 4.69) is 26.2 Å². The molecule has 3 rings (SSSR count). The van der Waals surface area contributed by atoms with Crippen molar-refractivity contribution < 1.29 is 14.3 Å². The quantitative estimate of drug-likeness (QED) is 0.880. The van der Waals surface area contributed by atoms with Crippen molar-refractivity contribution in [2.45, 2.75) is 6.61 Å². The summed E-state index contributed by atoms with van der Waals surface area (Å²) in [6.45, 7) is 1.40. The molecule has 0 saturated carbocycles. The van der Waals surface area contributed by atoms with Gasteiger partial charge in [-0.15, -0.1) is 0 Å². The van der Waals surface area contributed by atoms with Crippen LogP contribution in [0.1, 0.15) is 11.1 Å². The molecule has 0 spiro atoms. The van der Waals surface area contributed by atoms with Crippen molar-refractivity contribution in [3.05, 3.63) is 64.1 Å². The van der Waals surface area contributed by atoms with E-state index < -0.39 is 6.09 Å². The third-order valence-electron chi connectivity index (χ3n) is 3.25. The predicted octanol–water partition coefficient (Wildman–Crippen LogP) is 3.97. The van der Waals surface area contributed by atoms with Gasteiger partial charge in [-0.3, -0.25) is 5.32 Å². The van der Waals surface area contributed by atoms with Gasteiger partial charge >= 0.3 is 6.09 Å². The van der Waals surface area contributed by atoms with Gasteiger partial charge in [-0.2, -0.15) is 0 Å². The van der Waals surface area contributed by atoms with Crippen molar-refractivity contribution in [3.63, 3.8) is 0 Å². The van der Waals surface area contributed by atoms with Gasteiger partial charge in [0.2, 0.25) is 5.90 Å². The molecule has 1 aliphatic heterocycles. The largest absolute Gasteiger partial charge is 0.475 e. The normalized spacial score (nSPS) is 13.2. The highest BCUT2D eigenvalue weighted by molar-refractivity contribution is 9.10. The van der Waals surface area contributed by atoms with Gasteiger partial charge in [0, 0.05) is 4.47 Å². The van der Waals surface area contributed by atoms with Crippen LogP contribution in [0.15, 0.2) is 58.0 Å². The number of aliphatic imine (C=N–C) groups is 1. The summed E-state index contributed by atoms with van der Waals surface area (Å²) in [6.07, 6.45) is -0.521. The molecule has 0 fully saturated rings. The molecule has 0 bridgehead atoms. The zero-order valence-corrected chi connectivity index (χ0v) is 13.9. The molecule has 0 aromatic heterocycles. The molecule has 1 aliphatic rings. The highest BCUT2D eigenvalue weighted by Crippen LogP contribution is 2.24. The van der Waals surface area contributed by atoms with E-state index in [1.807, 2.05) is 42.5 Å². The Morgan fingerprint density at radius 2 is 2.09 bits per heavy atom. The van der Waals surface area contributed by atoms with Crippen LogP contribution in [0.4, 0.5) is 10.5 Å². The summed E-state index contributed by atoms with van der Waals surface area (Å²) in [6, 6.07) is 15.0. The van der Waals surface area contributed by atoms with E-state index in [-0.39, 0.29) is 6.61 Å². The fraction of sp³-hybridized carbons (Fsp3) is 0.176. The van der Waals surface area contributed by atoms with Gasteiger partial charge in [0.25, 0.3) is 0 Å². The summed E-state index contributed by atoms with van der Waals surface area (Å²) in [7, 11) is 0. The molecule has 1 heterocycles. The van der Waals surface area contributed by atoms with Gasteiger partial charge in [-0.25, -0.2) is 9.79 Å². The third-order valence-corrected chi connectivity index (χ3v) is 3.74. The number of nitrogens with zero attached hydrogens (tertiary/aromatic N) is 1. The fourth-order valence-corrected chi connectivity index (χ4v) is 2.53. The van der Waals surface area contributed by atoms with E-state index in [0.29, 0.717) is 24.7 Å². The molecule has 0 aliphatic carbocycles. The van der Waals surface area contributed by atoms with E-state index in [9.17, 15) is 4.79 Å². The Hall–Kier alpha value is -2.34. The van der Waals surface area contributed by atoms with Gasteiger partial charge in [0.1, 0.15) is 13.2 Å². The molecule has 0 atom stereocenters. The van der Waals surface area contributed by atoms with Crippen LogP contribution in [0.2, 0.25) is 0 Å². The molecule has 1 N–H and O–H groups in total.